The smallest absolute Gasteiger partial charge is 0.308 e. The van der Waals surface area contributed by atoms with E-state index < -0.39 is 11.9 Å². The third-order valence-corrected chi connectivity index (χ3v) is 4.83. The van der Waals surface area contributed by atoms with E-state index in [1.165, 1.54) is 10.4 Å². The summed E-state index contributed by atoms with van der Waals surface area (Å²) in [5.74, 6) is -0.603. The molecule has 2 atom stereocenters. The third-order valence-electron chi connectivity index (χ3n) is 3.61. The molecule has 1 heterocycles. The van der Waals surface area contributed by atoms with Crippen molar-refractivity contribution in [1.82, 2.24) is 0 Å². The van der Waals surface area contributed by atoms with Gasteiger partial charge < -0.3 is 10.4 Å². The number of carboxylic acid groups (broad SMARTS) is 1. The summed E-state index contributed by atoms with van der Waals surface area (Å²) in [6.07, 6.45) is 3.13. The lowest BCUT2D eigenvalue weighted by atomic mass is 9.88. The minimum absolute atomic E-state index is 0.360. The van der Waals surface area contributed by atoms with Crippen molar-refractivity contribution in [3.05, 3.63) is 16.0 Å². The minimum Gasteiger partial charge on any atom is -0.481 e. The SMILES string of the molecule is CC1CCc2c(sc(NCC(C)C(=O)O)c2C#N)C1. The molecule has 1 aliphatic rings. The van der Waals surface area contributed by atoms with Gasteiger partial charge in [0.1, 0.15) is 11.1 Å². The molecule has 102 valence electrons. The second kappa shape index (κ2) is 5.62. The molecule has 0 aromatic carbocycles. The summed E-state index contributed by atoms with van der Waals surface area (Å²) in [5.41, 5.74) is 1.90. The molecule has 0 saturated heterocycles. The molecule has 0 saturated carbocycles. The van der Waals surface area contributed by atoms with Crippen molar-refractivity contribution in [3.63, 3.8) is 0 Å². The maximum atomic E-state index is 10.8. The Bertz CT molecular complexity index is 530. The molecular weight excluding hydrogens is 260 g/mol. The van der Waals surface area contributed by atoms with Gasteiger partial charge in [-0.15, -0.1) is 11.3 Å². The normalized spacial score (nSPS) is 19.3. The van der Waals surface area contributed by atoms with Crippen molar-refractivity contribution >= 4 is 22.3 Å². The standard InChI is InChI=1S/C14H18N2O2S/c1-8-3-4-10-11(6-15)13(19-12(10)5-8)16-7-9(2)14(17)18/h8-9,16H,3-5,7H2,1-2H3,(H,17,18). The van der Waals surface area contributed by atoms with Gasteiger partial charge in [0.05, 0.1) is 11.5 Å². The minimum atomic E-state index is -0.819. The van der Waals surface area contributed by atoms with E-state index in [0.29, 0.717) is 12.5 Å². The van der Waals surface area contributed by atoms with Crippen molar-refractivity contribution in [2.75, 3.05) is 11.9 Å². The Kier molecular flexibility index (Phi) is 4.11. The summed E-state index contributed by atoms with van der Waals surface area (Å²) in [4.78, 5) is 12.1. The molecule has 5 heteroatoms. The maximum absolute atomic E-state index is 10.8. The summed E-state index contributed by atoms with van der Waals surface area (Å²) in [7, 11) is 0. The van der Waals surface area contributed by atoms with E-state index in [1.807, 2.05) is 0 Å². The summed E-state index contributed by atoms with van der Waals surface area (Å²) in [6, 6.07) is 2.27. The molecule has 0 radical (unpaired) electrons. The Morgan fingerprint density at radius 3 is 3.05 bits per heavy atom. The molecule has 0 amide bonds. The largest absolute Gasteiger partial charge is 0.481 e. The lowest BCUT2D eigenvalue weighted by Crippen LogP contribution is -2.19. The van der Waals surface area contributed by atoms with Crippen LogP contribution in [0.4, 0.5) is 5.00 Å². The zero-order valence-corrected chi connectivity index (χ0v) is 12.0. The lowest BCUT2D eigenvalue weighted by Gasteiger charge is -2.17. The van der Waals surface area contributed by atoms with Gasteiger partial charge in [0.15, 0.2) is 0 Å². The van der Waals surface area contributed by atoms with Crippen molar-refractivity contribution in [2.45, 2.75) is 33.1 Å². The number of hydrogen-bond acceptors (Lipinski definition) is 4. The number of carboxylic acids is 1. The van der Waals surface area contributed by atoms with E-state index in [9.17, 15) is 10.1 Å². The van der Waals surface area contributed by atoms with E-state index in [2.05, 4.69) is 18.3 Å². The van der Waals surface area contributed by atoms with Crippen molar-refractivity contribution in [3.8, 4) is 6.07 Å². The summed E-state index contributed by atoms with van der Waals surface area (Å²) >= 11 is 1.62. The second-order valence-corrected chi connectivity index (χ2v) is 6.39. The highest BCUT2D eigenvalue weighted by molar-refractivity contribution is 7.16. The first kappa shape index (κ1) is 13.9. The van der Waals surface area contributed by atoms with Gasteiger partial charge in [0, 0.05) is 11.4 Å². The van der Waals surface area contributed by atoms with Gasteiger partial charge in [-0.3, -0.25) is 4.79 Å². The molecule has 1 aliphatic carbocycles. The topological polar surface area (TPSA) is 73.1 Å². The number of aliphatic carboxylic acids is 1. The average molecular weight is 278 g/mol. The number of rotatable bonds is 4. The summed E-state index contributed by atoms with van der Waals surface area (Å²) in [5, 5.41) is 22.2. The number of anilines is 1. The Morgan fingerprint density at radius 2 is 2.42 bits per heavy atom. The van der Waals surface area contributed by atoms with Gasteiger partial charge in [-0.25, -0.2) is 0 Å². The van der Waals surface area contributed by atoms with Crippen molar-refractivity contribution in [2.24, 2.45) is 11.8 Å². The highest BCUT2D eigenvalue weighted by Crippen LogP contribution is 2.39. The van der Waals surface area contributed by atoms with Crippen molar-refractivity contribution < 1.29 is 9.90 Å². The van der Waals surface area contributed by atoms with Crippen LogP contribution in [0.3, 0.4) is 0 Å². The van der Waals surface area contributed by atoms with E-state index in [0.717, 1.165) is 29.8 Å². The van der Waals surface area contributed by atoms with E-state index in [4.69, 9.17) is 5.11 Å². The third kappa shape index (κ3) is 2.90. The summed E-state index contributed by atoms with van der Waals surface area (Å²) in [6.45, 7) is 4.25. The fraction of sp³-hybridized carbons (Fsp3) is 0.571. The van der Waals surface area contributed by atoms with Crippen LogP contribution in [0.2, 0.25) is 0 Å². The van der Waals surface area contributed by atoms with Gasteiger partial charge in [0.2, 0.25) is 0 Å². The first-order valence-corrected chi connectivity index (χ1v) is 7.35. The zero-order chi connectivity index (χ0) is 14.0. The predicted molar refractivity (Wildman–Crippen MR) is 75.5 cm³/mol. The van der Waals surface area contributed by atoms with Crippen LogP contribution in [-0.4, -0.2) is 17.6 Å². The zero-order valence-electron chi connectivity index (χ0n) is 11.2. The number of hydrogen-bond donors (Lipinski definition) is 2. The number of nitrogens with zero attached hydrogens (tertiary/aromatic N) is 1. The van der Waals surface area contributed by atoms with Crippen LogP contribution in [0.15, 0.2) is 0 Å². The average Bonchev–Trinajstić information content (AvgIpc) is 2.72. The quantitative estimate of drug-likeness (QED) is 0.888. The Hall–Kier alpha value is -1.54. The predicted octanol–water partition coefficient (Wildman–Crippen LogP) is 2.88. The first-order valence-electron chi connectivity index (χ1n) is 6.54. The molecule has 0 aliphatic heterocycles. The van der Waals surface area contributed by atoms with Crippen molar-refractivity contribution in [1.29, 1.82) is 5.26 Å². The van der Waals surface area contributed by atoms with Gasteiger partial charge in [-0.1, -0.05) is 13.8 Å². The van der Waals surface area contributed by atoms with Gasteiger partial charge in [0.25, 0.3) is 0 Å². The van der Waals surface area contributed by atoms with E-state index in [1.54, 1.807) is 18.3 Å². The maximum Gasteiger partial charge on any atom is 0.308 e. The van der Waals surface area contributed by atoms with Gasteiger partial charge >= 0.3 is 5.97 Å². The monoisotopic (exact) mass is 278 g/mol. The van der Waals surface area contributed by atoms with Crippen LogP contribution >= 0.6 is 11.3 Å². The highest BCUT2D eigenvalue weighted by Gasteiger charge is 2.24. The Morgan fingerprint density at radius 1 is 1.68 bits per heavy atom. The second-order valence-electron chi connectivity index (χ2n) is 5.29. The van der Waals surface area contributed by atoms with Crippen LogP contribution in [0, 0.1) is 23.2 Å². The van der Waals surface area contributed by atoms with Crippen LogP contribution in [0.5, 0.6) is 0 Å². The molecule has 1 aromatic rings. The number of fused-ring (bicyclic) bond motifs is 1. The fourth-order valence-electron chi connectivity index (χ4n) is 2.33. The number of carbonyl (C=O) groups is 1. The van der Waals surface area contributed by atoms with E-state index in [-0.39, 0.29) is 0 Å². The fourth-order valence-corrected chi connectivity index (χ4v) is 3.69. The van der Waals surface area contributed by atoms with Crippen LogP contribution in [0.25, 0.3) is 0 Å². The molecule has 19 heavy (non-hydrogen) atoms. The van der Waals surface area contributed by atoms with Crippen LogP contribution in [0.1, 0.15) is 36.3 Å². The number of nitrogens with one attached hydrogen (secondary N) is 1. The molecule has 1 aromatic heterocycles. The molecular formula is C14H18N2O2S. The van der Waals surface area contributed by atoms with Gasteiger partial charge in [-0.05, 0) is 30.7 Å². The number of thiophene rings is 1. The van der Waals surface area contributed by atoms with Crippen LogP contribution in [-0.2, 0) is 17.6 Å². The van der Waals surface area contributed by atoms with E-state index >= 15 is 0 Å². The molecule has 2 rings (SSSR count). The summed E-state index contributed by atoms with van der Waals surface area (Å²) < 4.78 is 0. The van der Waals surface area contributed by atoms with Gasteiger partial charge in [-0.2, -0.15) is 5.26 Å². The Balaban J connectivity index is 2.18. The molecule has 2 unspecified atom stereocenters. The molecule has 0 spiro atoms. The molecule has 2 N–H and O–H groups in total. The lowest BCUT2D eigenvalue weighted by molar-refractivity contribution is -0.140. The molecule has 0 bridgehead atoms. The molecule has 0 fully saturated rings. The first-order chi connectivity index (χ1) is 9.02. The Labute approximate surface area is 117 Å². The highest BCUT2D eigenvalue weighted by atomic mass is 32.1. The molecule has 4 nitrogen and oxygen atoms in total. The van der Waals surface area contributed by atoms with Crippen LogP contribution < -0.4 is 5.32 Å². The number of nitriles is 1.